The molecule has 1 saturated heterocycles. The number of nitrogens with zero attached hydrogens (tertiary/aromatic N) is 4. The van der Waals surface area contributed by atoms with E-state index in [-0.39, 0.29) is 12.0 Å². The number of hydrogen-bond acceptors (Lipinski definition) is 6. The Hall–Kier alpha value is -3.53. The fraction of sp³-hybridized carbons (Fsp3) is 0.481. The van der Waals surface area contributed by atoms with Gasteiger partial charge in [0.1, 0.15) is 17.9 Å². The average molecular weight is 510 g/mol. The number of rotatable bonds is 8. The summed E-state index contributed by atoms with van der Waals surface area (Å²) in [5.74, 6) is -1.11. The summed E-state index contributed by atoms with van der Waals surface area (Å²) >= 11 is 0. The molecular formula is C27H32FN5O4. The number of benzene rings is 1. The normalized spacial score (nSPS) is 20.6. The number of carbonyl (C=O) groups excluding carboxylic acids is 1. The molecule has 1 aliphatic heterocycles. The summed E-state index contributed by atoms with van der Waals surface area (Å²) in [7, 11) is 0. The molecule has 1 aliphatic carbocycles. The SMILES string of the molecule is O=C(Nc1nc2cnc(OCCN3CCCCC3)cc2n1C1CCC(C(=O)O)CC1)c1ccc(F)cc1. The Kier molecular flexibility index (Phi) is 7.64. The highest BCUT2D eigenvalue weighted by molar-refractivity contribution is 6.04. The molecule has 9 nitrogen and oxygen atoms in total. The summed E-state index contributed by atoms with van der Waals surface area (Å²) in [6.07, 6.45) is 7.77. The van der Waals surface area contributed by atoms with E-state index in [0.29, 0.717) is 55.2 Å². The minimum atomic E-state index is -0.771. The lowest BCUT2D eigenvalue weighted by Gasteiger charge is -2.28. The second-order valence-corrected chi connectivity index (χ2v) is 9.87. The maximum atomic E-state index is 13.3. The van der Waals surface area contributed by atoms with Crippen molar-refractivity contribution in [2.24, 2.45) is 5.92 Å². The smallest absolute Gasteiger partial charge is 0.306 e. The number of piperidine rings is 1. The lowest BCUT2D eigenvalue weighted by atomic mass is 9.86. The number of likely N-dealkylation sites (tertiary alicyclic amines) is 1. The van der Waals surface area contributed by atoms with Crippen molar-refractivity contribution in [3.8, 4) is 5.88 Å². The van der Waals surface area contributed by atoms with Crippen molar-refractivity contribution in [3.63, 3.8) is 0 Å². The van der Waals surface area contributed by atoms with Crippen LogP contribution in [0.4, 0.5) is 10.3 Å². The number of imidazole rings is 1. The summed E-state index contributed by atoms with van der Waals surface area (Å²) < 4.78 is 21.3. The summed E-state index contributed by atoms with van der Waals surface area (Å²) in [6.45, 7) is 3.57. The van der Waals surface area contributed by atoms with E-state index in [1.807, 2.05) is 10.6 Å². The number of ether oxygens (including phenoxy) is 1. The number of aliphatic carboxylic acids is 1. The number of carboxylic acids is 1. The maximum absolute atomic E-state index is 13.3. The van der Waals surface area contributed by atoms with Crippen molar-refractivity contribution < 1.29 is 23.8 Å². The summed E-state index contributed by atoms with van der Waals surface area (Å²) in [5, 5.41) is 12.3. The molecule has 1 saturated carbocycles. The van der Waals surface area contributed by atoms with Crippen LogP contribution in [0.5, 0.6) is 5.88 Å². The number of aromatic nitrogens is 3. The van der Waals surface area contributed by atoms with Crippen LogP contribution < -0.4 is 10.1 Å². The fourth-order valence-corrected chi connectivity index (χ4v) is 5.34. The number of amides is 1. The average Bonchev–Trinajstić information content (AvgIpc) is 3.26. The van der Waals surface area contributed by atoms with Crippen LogP contribution in [0.25, 0.3) is 11.0 Å². The Balaban J connectivity index is 1.39. The highest BCUT2D eigenvalue weighted by Gasteiger charge is 2.30. The first-order chi connectivity index (χ1) is 18.0. The third-order valence-electron chi connectivity index (χ3n) is 7.40. The molecule has 2 fully saturated rings. The van der Waals surface area contributed by atoms with E-state index in [4.69, 9.17) is 4.74 Å². The van der Waals surface area contributed by atoms with Crippen LogP contribution >= 0.6 is 0 Å². The van der Waals surface area contributed by atoms with Gasteiger partial charge in [0.05, 0.1) is 17.6 Å². The van der Waals surface area contributed by atoms with Gasteiger partial charge in [-0.15, -0.1) is 0 Å². The molecule has 0 atom stereocenters. The Morgan fingerprint density at radius 1 is 1.08 bits per heavy atom. The van der Waals surface area contributed by atoms with Crippen LogP contribution in [0.15, 0.2) is 36.5 Å². The van der Waals surface area contributed by atoms with E-state index in [1.165, 1.54) is 43.5 Å². The van der Waals surface area contributed by atoms with Gasteiger partial charge in [-0.05, 0) is 75.9 Å². The number of pyridine rings is 1. The molecule has 0 unspecified atom stereocenters. The van der Waals surface area contributed by atoms with Crippen LogP contribution in [0.2, 0.25) is 0 Å². The Morgan fingerprint density at radius 3 is 2.51 bits per heavy atom. The van der Waals surface area contributed by atoms with E-state index in [1.54, 1.807) is 6.20 Å². The summed E-state index contributed by atoms with van der Waals surface area (Å²) in [4.78, 5) is 35.9. The first kappa shape index (κ1) is 25.1. The van der Waals surface area contributed by atoms with Gasteiger partial charge in [0, 0.05) is 24.2 Å². The van der Waals surface area contributed by atoms with E-state index in [9.17, 15) is 19.1 Å². The van der Waals surface area contributed by atoms with Crippen molar-refractivity contribution in [1.29, 1.82) is 0 Å². The van der Waals surface area contributed by atoms with Crippen LogP contribution in [0.3, 0.4) is 0 Å². The molecule has 10 heteroatoms. The minimum Gasteiger partial charge on any atom is -0.481 e. The first-order valence-electron chi connectivity index (χ1n) is 13.0. The van der Waals surface area contributed by atoms with E-state index >= 15 is 0 Å². The first-order valence-corrected chi connectivity index (χ1v) is 13.0. The van der Waals surface area contributed by atoms with Gasteiger partial charge in [-0.25, -0.2) is 14.4 Å². The second kappa shape index (κ2) is 11.2. The van der Waals surface area contributed by atoms with E-state index in [2.05, 4.69) is 20.2 Å². The third kappa shape index (κ3) is 5.90. The second-order valence-electron chi connectivity index (χ2n) is 9.87. The molecule has 2 aliphatic rings. The van der Waals surface area contributed by atoms with Crippen LogP contribution in [0.1, 0.15) is 61.3 Å². The number of nitrogens with one attached hydrogen (secondary N) is 1. The van der Waals surface area contributed by atoms with Crippen LogP contribution in [0, 0.1) is 11.7 Å². The zero-order valence-corrected chi connectivity index (χ0v) is 20.7. The predicted octanol–water partition coefficient (Wildman–Crippen LogP) is 4.50. The monoisotopic (exact) mass is 509 g/mol. The Morgan fingerprint density at radius 2 is 1.81 bits per heavy atom. The Labute approximate surface area is 214 Å². The van der Waals surface area contributed by atoms with Crippen molar-refractivity contribution in [2.45, 2.75) is 51.0 Å². The number of carboxylic acid groups (broad SMARTS) is 1. The molecule has 1 amide bonds. The standard InChI is InChI=1S/C27H32FN5O4/c28-20-8-4-18(5-9-20)25(34)31-27-30-22-17-29-24(37-15-14-32-12-2-1-3-13-32)16-23(22)33(27)21-10-6-19(7-11-21)26(35)36/h4-5,8-9,16-17,19,21H,1-3,6-7,10-15H2,(H,35,36)(H,30,31,34). The molecule has 0 spiro atoms. The molecular weight excluding hydrogens is 477 g/mol. The third-order valence-corrected chi connectivity index (χ3v) is 7.40. The maximum Gasteiger partial charge on any atom is 0.306 e. The quantitative estimate of drug-likeness (QED) is 0.460. The van der Waals surface area contributed by atoms with Crippen molar-refractivity contribution in [3.05, 3.63) is 47.9 Å². The molecule has 5 rings (SSSR count). The topological polar surface area (TPSA) is 110 Å². The lowest BCUT2D eigenvalue weighted by Crippen LogP contribution is -2.33. The van der Waals surface area contributed by atoms with Crippen molar-refractivity contribution >= 4 is 28.9 Å². The van der Waals surface area contributed by atoms with Crippen molar-refractivity contribution in [1.82, 2.24) is 19.4 Å². The molecule has 1 aromatic carbocycles. The van der Waals surface area contributed by atoms with Crippen LogP contribution in [-0.2, 0) is 4.79 Å². The number of fused-ring (bicyclic) bond motifs is 1. The van der Waals surface area contributed by atoms with Gasteiger partial charge in [-0.1, -0.05) is 6.42 Å². The molecule has 37 heavy (non-hydrogen) atoms. The van der Waals surface area contributed by atoms with Gasteiger partial charge in [-0.3, -0.25) is 19.8 Å². The highest BCUT2D eigenvalue weighted by Crippen LogP contribution is 2.37. The number of halogens is 1. The van der Waals surface area contributed by atoms with Gasteiger partial charge in [0.25, 0.3) is 5.91 Å². The van der Waals surface area contributed by atoms with Gasteiger partial charge in [-0.2, -0.15) is 0 Å². The number of hydrogen-bond donors (Lipinski definition) is 2. The lowest BCUT2D eigenvalue weighted by molar-refractivity contribution is -0.143. The molecule has 2 N–H and O–H groups in total. The van der Waals surface area contributed by atoms with Gasteiger partial charge >= 0.3 is 5.97 Å². The van der Waals surface area contributed by atoms with E-state index in [0.717, 1.165) is 25.2 Å². The minimum absolute atomic E-state index is 0.0345. The fourth-order valence-electron chi connectivity index (χ4n) is 5.34. The molecule has 3 aromatic rings. The predicted molar refractivity (Wildman–Crippen MR) is 136 cm³/mol. The number of anilines is 1. The van der Waals surface area contributed by atoms with Crippen molar-refractivity contribution in [2.75, 3.05) is 31.6 Å². The van der Waals surface area contributed by atoms with E-state index < -0.39 is 17.7 Å². The number of carbonyl (C=O) groups is 2. The molecule has 196 valence electrons. The highest BCUT2D eigenvalue weighted by atomic mass is 19.1. The van der Waals surface area contributed by atoms with Gasteiger partial charge in [0.2, 0.25) is 11.8 Å². The summed E-state index contributed by atoms with van der Waals surface area (Å²) in [6, 6.07) is 7.13. The summed E-state index contributed by atoms with van der Waals surface area (Å²) in [5.41, 5.74) is 1.70. The van der Waals surface area contributed by atoms with Gasteiger partial charge in [0.15, 0.2) is 0 Å². The Bertz CT molecular complexity index is 1250. The molecule has 2 aromatic heterocycles. The van der Waals surface area contributed by atoms with Crippen LogP contribution in [-0.4, -0.2) is 62.7 Å². The molecule has 3 heterocycles. The largest absolute Gasteiger partial charge is 0.481 e. The molecule has 0 radical (unpaired) electrons. The zero-order chi connectivity index (χ0) is 25.8. The van der Waals surface area contributed by atoms with Gasteiger partial charge < -0.3 is 14.4 Å². The molecule has 0 bridgehead atoms. The zero-order valence-electron chi connectivity index (χ0n) is 20.7.